The number of benzene rings is 1. The van der Waals surface area contributed by atoms with Crippen LogP contribution in [0.15, 0.2) is 18.2 Å². The van der Waals surface area contributed by atoms with Gasteiger partial charge < -0.3 is 9.64 Å². The van der Waals surface area contributed by atoms with E-state index in [0.29, 0.717) is 13.2 Å². The van der Waals surface area contributed by atoms with E-state index in [4.69, 9.17) is 4.74 Å². The fraction of sp³-hybridized carbons (Fsp3) is 0.500. The van der Waals surface area contributed by atoms with Gasteiger partial charge in [-0.2, -0.15) is 0 Å². The van der Waals surface area contributed by atoms with Crippen molar-refractivity contribution in [1.29, 1.82) is 0 Å². The van der Waals surface area contributed by atoms with Crippen molar-refractivity contribution in [3.63, 3.8) is 0 Å². The fourth-order valence-corrected chi connectivity index (χ4v) is 2.30. The molecule has 0 aliphatic carbocycles. The normalized spacial score (nSPS) is 19.2. The van der Waals surface area contributed by atoms with Crippen molar-refractivity contribution in [2.45, 2.75) is 12.8 Å². The maximum absolute atomic E-state index is 13.5. The average Bonchev–Trinajstić information content (AvgIpc) is 2.42. The van der Waals surface area contributed by atoms with Gasteiger partial charge in [0.25, 0.3) is 5.91 Å². The Bertz CT molecular complexity index is 459. The molecule has 1 aliphatic rings. The summed E-state index contributed by atoms with van der Waals surface area (Å²) < 4.78 is 32.0. The molecule has 3 nitrogen and oxygen atoms in total. The van der Waals surface area contributed by atoms with Crippen molar-refractivity contribution < 1.29 is 18.3 Å². The van der Waals surface area contributed by atoms with Gasteiger partial charge in [0.1, 0.15) is 0 Å². The van der Waals surface area contributed by atoms with Crippen LogP contribution in [0.2, 0.25) is 0 Å². The Labute approximate surface area is 111 Å². The second kappa shape index (κ2) is 6.10. The van der Waals surface area contributed by atoms with E-state index in [1.807, 2.05) is 0 Å². The monoisotopic (exact) mass is 269 g/mol. The molecule has 1 aromatic carbocycles. The molecule has 0 N–H and O–H groups in total. The number of nitrogens with zero attached hydrogens (tertiary/aromatic N) is 1. The van der Waals surface area contributed by atoms with Crippen LogP contribution >= 0.6 is 0 Å². The van der Waals surface area contributed by atoms with E-state index in [0.717, 1.165) is 25.5 Å². The third-order valence-electron chi connectivity index (χ3n) is 3.32. The molecule has 1 heterocycles. The number of halogens is 2. The summed E-state index contributed by atoms with van der Waals surface area (Å²) in [5.74, 6) is -2.32. The first-order valence-corrected chi connectivity index (χ1v) is 6.37. The quantitative estimate of drug-likeness (QED) is 0.843. The Balaban J connectivity index is 2.03. The zero-order valence-corrected chi connectivity index (χ0v) is 10.9. The molecule has 104 valence electrons. The van der Waals surface area contributed by atoms with Gasteiger partial charge in [0.15, 0.2) is 11.6 Å². The lowest BCUT2D eigenvalue weighted by Crippen LogP contribution is -2.35. The molecule has 0 spiro atoms. The number of ether oxygens (including phenoxy) is 1. The van der Waals surface area contributed by atoms with Gasteiger partial charge in [-0.05, 0) is 30.9 Å². The molecule has 5 heteroatoms. The van der Waals surface area contributed by atoms with Crippen molar-refractivity contribution in [2.24, 2.45) is 5.92 Å². The number of rotatable bonds is 3. The van der Waals surface area contributed by atoms with Gasteiger partial charge in [-0.3, -0.25) is 4.79 Å². The summed E-state index contributed by atoms with van der Waals surface area (Å²) >= 11 is 0. The van der Waals surface area contributed by atoms with Gasteiger partial charge in [-0.1, -0.05) is 6.07 Å². The molecule has 1 aliphatic heterocycles. The van der Waals surface area contributed by atoms with E-state index in [9.17, 15) is 13.6 Å². The Hall–Kier alpha value is -1.49. The molecule has 1 saturated heterocycles. The van der Waals surface area contributed by atoms with Crippen LogP contribution in [0.5, 0.6) is 0 Å². The van der Waals surface area contributed by atoms with Crippen LogP contribution in [0.1, 0.15) is 23.2 Å². The molecule has 1 aromatic rings. The second-order valence-electron chi connectivity index (χ2n) is 4.87. The third-order valence-corrected chi connectivity index (χ3v) is 3.32. The highest BCUT2D eigenvalue weighted by Crippen LogP contribution is 2.17. The van der Waals surface area contributed by atoms with E-state index >= 15 is 0 Å². The highest BCUT2D eigenvalue weighted by atomic mass is 19.2. The number of amides is 1. The van der Waals surface area contributed by atoms with Crippen LogP contribution in [0, 0.1) is 17.6 Å². The Morgan fingerprint density at radius 2 is 2.26 bits per heavy atom. The van der Waals surface area contributed by atoms with E-state index in [-0.39, 0.29) is 11.5 Å². The maximum atomic E-state index is 13.5. The zero-order chi connectivity index (χ0) is 13.8. The molecular weight excluding hydrogens is 252 g/mol. The third kappa shape index (κ3) is 3.29. The number of hydrogen-bond donors (Lipinski definition) is 0. The minimum absolute atomic E-state index is 0.223. The summed E-state index contributed by atoms with van der Waals surface area (Å²) in [7, 11) is 1.60. The Kier molecular flexibility index (Phi) is 4.47. The zero-order valence-electron chi connectivity index (χ0n) is 10.9. The molecule has 2 rings (SSSR count). The van der Waals surface area contributed by atoms with Crippen molar-refractivity contribution in [2.75, 3.05) is 26.8 Å². The summed E-state index contributed by atoms with van der Waals surface area (Å²) in [6, 6.07) is 3.64. The molecule has 1 amide bonds. The predicted molar refractivity (Wildman–Crippen MR) is 66.9 cm³/mol. The summed E-state index contributed by atoms with van der Waals surface area (Å²) in [6.45, 7) is 1.87. The van der Waals surface area contributed by atoms with Crippen molar-refractivity contribution in [3.05, 3.63) is 35.4 Å². The lowest BCUT2D eigenvalue weighted by molar-refractivity contribution is 0.0387. The maximum Gasteiger partial charge on any atom is 0.256 e. The van der Waals surface area contributed by atoms with Crippen LogP contribution < -0.4 is 0 Å². The van der Waals surface area contributed by atoms with Crippen LogP contribution in [0.3, 0.4) is 0 Å². The first-order chi connectivity index (χ1) is 9.09. The summed E-state index contributed by atoms with van der Waals surface area (Å²) in [6.07, 6.45) is 1.96. The van der Waals surface area contributed by atoms with Gasteiger partial charge in [-0.15, -0.1) is 0 Å². The summed E-state index contributed by atoms with van der Waals surface area (Å²) in [5, 5.41) is 0. The number of hydrogen-bond acceptors (Lipinski definition) is 2. The van der Waals surface area contributed by atoms with Crippen LogP contribution in [-0.4, -0.2) is 37.6 Å². The largest absolute Gasteiger partial charge is 0.381 e. The Morgan fingerprint density at radius 3 is 2.95 bits per heavy atom. The molecule has 0 aromatic heterocycles. The molecular formula is C14H17F2NO2. The highest BCUT2D eigenvalue weighted by molar-refractivity contribution is 5.94. The smallest absolute Gasteiger partial charge is 0.256 e. The molecule has 0 saturated carbocycles. The molecule has 0 radical (unpaired) electrons. The van der Waals surface area contributed by atoms with Crippen LogP contribution in [0.4, 0.5) is 8.78 Å². The first kappa shape index (κ1) is 13.9. The van der Waals surface area contributed by atoms with E-state index < -0.39 is 17.5 Å². The topological polar surface area (TPSA) is 29.5 Å². The molecule has 1 atom stereocenters. The molecule has 19 heavy (non-hydrogen) atoms. The minimum Gasteiger partial charge on any atom is -0.381 e. The van der Waals surface area contributed by atoms with Crippen molar-refractivity contribution in [1.82, 2.24) is 4.90 Å². The minimum atomic E-state index is -1.08. The Morgan fingerprint density at radius 1 is 1.47 bits per heavy atom. The van der Waals surface area contributed by atoms with Gasteiger partial charge in [-0.25, -0.2) is 8.78 Å². The SMILES string of the molecule is CN(CC1CCCOC1)C(=O)c1cccc(F)c1F. The molecule has 0 bridgehead atoms. The fourth-order valence-electron chi connectivity index (χ4n) is 2.30. The lowest BCUT2D eigenvalue weighted by atomic mass is 10.0. The second-order valence-corrected chi connectivity index (χ2v) is 4.87. The van der Waals surface area contributed by atoms with Gasteiger partial charge in [0, 0.05) is 20.2 Å². The lowest BCUT2D eigenvalue weighted by Gasteiger charge is -2.27. The first-order valence-electron chi connectivity index (χ1n) is 6.37. The number of carbonyl (C=O) groups excluding carboxylic acids is 1. The number of carbonyl (C=O) groups is 1. The molecule has 1 unspecified atom stereocenters. The summed E-state index contributed by atoms with van der Waals surface area (Å²) in [4.78, 5) is 13.5. The van der Waals surface area contributed by atoms with Gasteiger partial charge in [0.2, 0.25) is 0 Å². The van der Waals surface area contributed by atoms with Crippen LogP contribution in [-0.2, 0) is 4.74 Å². The van der Waals surface area contributed by atoms with Gasteiger partial charge in [0.05, 0.1) is 12.2 Å². The highest BCUT2D eigenvalue weighted by Gasteiger charge is 2.22. The van der Waals surface area contributed by atoms with Crippen molar-refractivity contribution >= 4 is 5.91 Å². The summed E-state index contributed by atoms with van der Waals surface area (Å²) in [5.41, 5.74) is -0.223. The molecule has 1 fully saturated rings. The van der Waals surface area contributed by atoms with Gasteiger partial charge >= 0.3 is 0 Å². The van der Waals surface area contributed by atoms with E-state index in [2.05, 4.69) is 0 Å². The predicted octanol–water partition coefficient (Wildman–Crippen LogP) is 2.46. The van der Waals surface area contributed by atoms with E-state index in [1.165, 1.54) is 17.0 Å². The van der Waals surface area contributed by atoms with E-state index in [1.54, 1.807) is 7.05 Å². The standard InChI is InChI=1S/C14H17F2NO2/c1-17(8-10-4-3-7-19-9-10)14(18)11-5-2-6-12(15)13(11)16/h2,5-6,10H,3-4,7-9H2,1H3. The van der Waals surface area contributed by atoms with Crippen molar-refractivity contribution in [3.8, 4) is 0 Å². The van der Waals surface area contributed by atoms with Crippen LogP contribution in [0.25, 0.3) is 0 Å². The average molecular weight is 269 g/mol.